The van der Waals surface area contributed by atoms with E-state index in [1.807, 2.05) is 36.1 Å². The highest BCUT2D eigenvalue weighted by molar-refractivity contribution is 5.88. The predicted molar refractivity (Wildman–Crippen MR) is 110 cm³/mol. The third-order valence-electron chi connectivity index (χ3n) is 5.98. The first-order chi connectivity index (χ1) is 14.1. The summed E-state index contributed by atoms with van der Waals surface area (Å²) in [5, 5.41) is 0. The van der Waals surface area contributed by atoms with Crippen molar-refractivity contribution < 1.29 is 14.3 Å². The number of benzene rings is 1. The number of carbonyl (C=O) groups is 1. The molecule has 2 aliphatic heterocycles. The van der Waals surface area contributed by atoms with Gasteiger partial charge in [-0.1, -0.05) is 30.3 Å². The van der Waals surface area contributed by atoms with Crippen molar-refractivity contribution in [2.45, 2.75) is 25.2 Å². The van der Waals surface area contributed by atoms with Gasteiger partial charge in [0, 0.05) is 45.5 Å². The number of aromatic nitrogens is 2. The molecule has 3 heterocycles. The number of rotatable bonds is 4. The Balaban J connectivity index is 1.50. The molecule has 0 atom stereocenters. The molecule has 7 heteroatoms. The number of amides is 1. The van der Waals surface area contributed by atoms with Gasteiger partial charge < -0.3 is 19.3 Å². The quantitative estimate of drug-likeness (QED) is 0.789. The largest absolute Gasteiger partial charge is 0.481 e. The van der Waals surface area contributed by atoms with Crippen molar-refractivity contribution in [2.75, 3.05) is 51.4 Å². The van der Waals surface area contributed by atoms with Crippen molar-refractivity contribution in [3.8, 4) is 5.88 Å². The second-order valence-corrected chi connectivity index (χ2v) is 7.66. The minimum atomic E-state index is -0.476. The summed E-state index contributed by atoms with van der Waals surface area (Å²) in [4.78, 5) is 26.7. The molecule has 1 amide bonds. The zero-order valence-electron chi connectivity index (χ0n) is 17.1. The number of hydrogen-bond donors (Lipinski definition) is 0. The molecule has 29 heavy (non-hydrogen) atoms. The molecule has 1 aromatic carbocycles. The molecule has 0 radical (unpaired) electrons. The fraction of sp³-hybridized carbons (Fsp3) is 0.500. The standard InChI is InChI=1S/C22H28N4O3/c1-17-23-19(16-20(24-17)28-2)25-10-12-26(13-11-25)21(27)22(8-14-29-15-9-22)18-6-4-3-5-7-18/h3-7,16H,8-15H2,1-2H3. The van der Waals surface area contributed by atoms with E-state index < -0.39 is 5.41 Å². The second-order valence-electron chi connectivity index (χ2n) is 7.66. The van der Waals surface area contributed by atoms with Crippen molar-refractivity contribution in [2.24, 2.45) is 0 Å². The van der Waals surface area contributed by atoms with Crippen LogP contribution in [0.3, 0.4) is 0 Å². The first-order valence-corrected chi connectivity index (χ1v) is 10.2. The Bertz CT molecular complexity index is 844. The lowest BCUT2D eigenvalue weighted by atomic mass is 9.73. The first kappa shape index (κ1) is 19.6. The number of anilines is 1. The van der Waals surface area contributed by atoms with Gasteiger partial charge in [0.15, 0.2) is 0 Å². The molecular weight excluding hydrogens is 368 g/mol. The highest BCUT2D eigenvalue weighted by Crippen LogP contribution is 2.37. The third-order valence-corrected chi connectivity index (χ3v) is 5.98. The van der Waals surface area contributed by atoms with Crippen LogP contribution in [0.2, 0.25) is 0 Å². The lowest BCUT2D eigenvalue weighted by Crippen LogP contribution is -2.56. The minimum absolute atomic E-state index is 0.225. The van der Waals surface area contributed by atoms with Crippen LogP contribution in [0, 0.1) is 6.92 Å². The van der Waals surface area contributed by atoms with Gasteiger partial charge in [0.05, 0.1) is 12.5 Å². The number of nitrogens with zero attached hydrogens (tertiary/aromatic N) is 4. The van der Waals surface area contributed by atoms with E-state index >= 15 is 0 Å². The maximum Gasteiger partial charge on any atom is 0.233 e. The van der Waals surface area contributed by atoms with Crippen LogP contribution in [0.25, 0.3) is 0 Å². The molecule has 0 unspecified atom stereocenters. The molecule has 2 fully saturated rings. The maximum absolute atomic E-state index is 13.7. The zero-order valence-corrected chi connectivity index (χ0v) is 17.1. The molecule has 0 aliphatic carbocycles. The predicted octanol–water partition coefficient (Wildman–Crippen LogP) is 2.19. The Morgan fingerprint density at radius 2 is 1.76 bits per heavy atom. The van der Waals surface area contributed by atoms with E-state index in [0.717, 1.165) is 37.3 Å². The van der Waals surface area contributed by atoms with Crippen LogP contribution in [-0.2, 0) is 14.9 Å². The summed E-state index contributed by atoms with van der Waals surface area (Å²) in [6, 6.07) is 12.0. The molecule has 2 aromatic rings. The van der Waals surface area contributed by atoms with Crippen molar-refractivity contribution in [1.29, 1.82) is 0 Å². The number of ether oxygens (including phenoxy) is 2. The van der Waals surface area contributed by atoms with Gasteiger partial charge in [-0.2, -0.15) is 4.98 Å². The highest BCUT2D eigenvalue weighted by Gasteiger charge is 2.44. The Hall–Kier alpha value is -2.67. The number of methoxy groups -OCH3 is 1. The van der Waals surface area contributed by atoms with Crippen molar-refractivity contribution in [3.05, 3.63) is 47.8 Å². The van der Waals surface area contributed by atoms with E-state index in [0.29, 0.717) is 38.0 Å². The third kappa shape index (κ3) is 3.92. The van der Waals surface area contributed by atoms with Gasteiger partial charge in [0.1, 0.15) is 11.6 Å². The lowest BCUT2D eigenvalue weighted by Gasteiger charge is -2.43. The molecule has 2 saturated heterocycles. The molecular formula is C22H28N4O3. The topological polar surface area (TPSA) is 67.8 Å². The van der Waals surface area contributed by atoms with Gasteiger partial charge in [0.25, 0.3) is 0 Å². The Morgan fingerprint density at radius 3 is 2.41 bits per heavy atom. The molecule has 4 rings (SSSR count). The monoisotopic (exact) mass is 396 g/mol. The fourth-order valence-corrected chi connectivity index (χ4v) is 4.34. The summed E-state index contributed by atoms with van der Waals surface area (Å²) in [7, 11) is 1.61. The maximum atomic E-state index is 13.7. The molecule has 0 N–H and O–H groups in total. The summed E-state index contributed by atoms with van der Waals surface area (Å²) in [5.74, 6) is 2.33. The average molecular weight is 396 g/mol. The van der Waals surface area contributed by atoms with Gasteiger partial charge in [-0.05, 0) is 25.3 Å². The molecule has 2 aliphatic rings. The second kappa shape index (κ2) is 8.37. The van der Waals surface area contributed by atoms with Gasteiger partial charge in [0.2, 0.25) is 11.8 Å². The fourth-order valence-electron chi connectivity index (χ4n) is 4.34. The van der Waals surface area contributed by atoms with Crippen LogP contribution in [0.15, 0.2) is 36.4 Å². The molecule has 7 nitrogen and oxygen atoms in total. The van der Waals surface area contributed by atoms with E-state index in [-0.39, 0.29) is 5.91 Å². The lowest BCUT2D eigenvalue weighted by molar-refractivity contribution is -0.141. The van der Waals surface area contributed by atoms with Gasteiger partial charge in [-0.3, -0.25) is 4.79 Å². The zero-order chi connectivity index (χ0) is 20.3. The summed E-state index contributed by atoms with van der Waals surface area (Å²) in [5.41, 5.74) is 0.628. The molecule has 0 spiro atoms. The smallest absolute Gasteiger partial charge is 0.233 e. The number of hydrogen-bond acceptors (Lipinski definition) is 6. The summed E-state index contributed by atoms with van der Waals surface area (Å²) in [6.45, 7) is 5.96. The van der Waals surface area contributed by atoms with Crippen LogP contribution in [0.5, 0.6) is 5.88 Å². The van der Waals surface area contributed by atoms with Crippen molar-refractivity contribution in [1.82, 2.24) is 14.9 Å². The summed E-state index contributed by atoms with van der Waals surface area (Å²) >= 11 is 0. The highest BCUT2D eigenvalue weighted by atomic mass is 16.5. The van der Waals surface area contributed by atoms with E-state index in [1.54, 1.807) is 7.11 Å². The van der Waals surface area contributed by atoms with Crippen LogP contribution in [0.4, 0.5) is 5.82 Å². The normalized spacial score (nSPS) is 19.1. The first-order valence-electron chi connectivity index (χ1n) is 10.2. The molecule has 0 bridgehead atoms. The summed E-state index contributed by atoms with van der Waals surface area (Å²) in [6.07, 6.45) is 1.47. The molecule has 1 aromatic heterocycles. The van der Waals surface area contributed by atoms with E-state index in [2.05, 4.69) is 27.0 Å². The van der Waals surface area contributed by atoms with Crippen molar-refractivity contribution in [3.63, 3.8) is 0 Å². The van der Waals surface area contributed by atoms with E-state index in [4.69, 9.17) is 9.47 Å². The number of aryl methyl sites for hydroxylation is 1. The van der Waals surface area contributed by atoms with E-state index in [9.17, 15) is 4.79 Å². The average Bonchev–Trinajstić information content (AvgIpc) is 2.79. The van der Waals surface area contributed by atoms with Crippen LogP contribution in [0.1, 0.15) is 24.2 Å². The van der Waals surface area contributed by atoms with E-state index in [1.165, 1.54) is 0 Å². The van der Waals surface area contributed by atoms with Gasteiger partial charge >= 0.3 is 0 Å². The van der Waals surface area contributed by atoms with Crippen molar-refractivity contribution >= 4 is 11.7 Å². The van der Waals surface area contributed by atoms with Gasteiger partial charge in [-0.25, -0.2) is 4.98 Å². The number of piperazine rings is 1. The van der Waals surface area contributed by atoms with Crippen LogP contribution < -0.4 is 9.64 Å². The van der Waals surface area contributed by atoms with Crippen LogP contribution >= 0.6 is 0 Å². The Morgan fingerprint density at radius 1 is 1.07 bits per heavy atom. The number of carbonyl (C=O) groups excluding carboxylic acids is 1. The molecule has 154 valence electrons. The molecule has 0 saturated carbocycles. The SMILES string of the molecule is COc1cc(N2CCN(C(=O)C3(c4ccccc4)CCOCC3)CC2)nc(C)n1. The Labute approximate surface area is 171 Å². The summed E-state index contributed by atoms with van der Waals surface area (Å²) < 4.78 is 10.9. The van der Waals surface area contributed by atoms with Crippen LogP contribution in [-0.4, -0.2) is 67.3 Å². The Kier molecular flexibility index (Phi) is 5.67. The van der Waals surface area contributed by atoms with Gasteiger partial charge in [-0.15, -0.1) is 0 Å². The minimum Gasteiger partial charge on any atom is -0.481 e.